The maximum Gasteiger partial charge on any atom is 0.129 e. The normalized spacial score (nSPS) is 11.0. The molecule has 0 unspecified atom stereocenters. The molecular weight excluding hydrogens is 262 g/mol. The summed E-state index contributed by atoms with van der Waals surface area (Å²) in [5, 5.41) is 4.50. The Morgan fingerprint density at radius 2 is 1.67 bits per heavy atom. The minimum absolute atomic E-state index is 0.499. The van der Waals surface area contributed by atoms with Crippen LogP contribution in [-0.2, 0) is 6.54 Å². The lowest BCUT2D eigenvalue weighted by Gasteiger charge is -2.15. The Balaban J connectivity index is 2.50. The highest BCUT2D eigenvalue weighted by Crippen LogP contribution is 2.38. The predicted molar refractivity (Wildman–Crippen MR) is 87.2 cm³/mol. The van der Waals surface area contributed by atoms with Gasteiger partial charge < -0.3 is 15.2 Å². The van der Waals surface area contributed by atoms with E-state index in [1.807, 2.05) is 12.1 Å². The number of ether oxygens (including phenoxy) is 2. The first-order valence-electron chi connectivity index (χ1n) is 6.97. The van der Waals surface area contributed by atoms with Crippen LogP contribution < -0.4 is 15.2 Å². The van der Waals surface area contributed by atoms with Crippen molar-refractivity contribution in [2.75, 3.05) is 14.2 Å². The highest BCUT2D eigenvalue weighted by Gasteiger charge is 2.13. The summed E-state index contributed by atoms with van der Waals surface area (Å²) in [6.07, 6.45) is 0. The highest BCUT2D eigenvalue weighted by molar-refractivity contribution is 6.11. The lowest BCUT2D eigenvalue weighted by molar-refractivity contribution is 0.416. The molecular formula is C18H19NO2. The molecule has 3 nitrogen and oxygen atoms in total. The second-order valence-electron chi connectivity index (χ2n) is 5.11. The maximum atomic E-state index is 5.89. The summed E-state index contributed by atoms with van der Waals surface area (Å²) in [6.45, 7) is 2.55. The predicted octanol–water partition coefficient (Wildman–Crippen LogP) is 3.78. The molecule has 0 fully saturated rings. The van der Waals surface area contributed by atoms with Crippen molar-refractivity contribution < 1.29 is 9.47 Å². The van der Waals surface area contributed by atoms with Crippen LogP contribution in [0.2, 0.25) is 0 Å². The monoisotopic (exact) mass is 281 g/mol. The standard InChI is InChI=1S/C18H19NO2/c1-11-12(10-19)9-16-13-5-4-6-17(20-2)14(13)7-8-15(16)18(11)21-3/h4-9H,10,19H2,1-3H3. The average Bonchev–Trinajstić information content (AvgIpc) is 2.53. The zero-order valence-corrected chi connectivity index (χ0v) is 12.6. The highest BCUT2D eigenvalue weighted by atomic mass is 16.5. The Kier molecular flexibility index (Phi) is 3.43. The molecule has 0 bridgehead atoms. The molecule has 0 radical (unpaired) electrons. The van der Waals surface area contributed by atoms with E-state index in [0.29, 0.717) is 6.54 Å². The van der Waals surface area contributed by atoms with Gasteiger partial charge in [0.1, 0.15) is 11.5 Å². The summed E-state index contributed by atoms with van der Waals surface area (Å²) >= 11 is 0. The van der Waals surface area contributed by atoms with E-state index in [9.17, 15) is 0 Å². The molecule has 0 aromatic heterocycles. The van der Waals surface area contributed by atoms with Gasteiger partial charge in [0.05, 0.1) is 14.2 Å². The van der Waals surface area contributed by atoms with Gasteiger partial charge in [0.2, 0.25) is 0 Å². The van der Waals surface area contributed by atoms with E-state index in [2.05, 4.69) is 31.2 Å². The van der Waals surface area contributed by atoms with Gasteiger partial charge in [-0.25, -0.2) is 0 Å². The third-order valence-electron chi connectivity index (χ3n) is 4.09. The molecule has 2 N–H and O–H groups in total. The Morgan fingerprint density at radius 1 is 0.905 bits per heavy atom. The first-order valence-corrected chi connectivity index (χ1v) is 6.97. The van der Waals surface area contributed by atoms with E-state index < -0.39 is 0 Å². The zero-order valence-electron chi connectivity index (χ0n) is 12.6. The van der Waals surface area contributed by atoms with Crippen LogP contribution in [0.15, 0.2) is 36.4 Å². The van der Waals surface area contributed by atoms with Gasteiger partial charge in [-0.2, -0.15) is 0 Å². The van der Waals surface area contributed by atoms with Crippen LogP contribution in [0.3, 0.4) is 0 Å². The second-order valence-corrected chi connectivity index (χ2v) is 5.11. The molecule has 0 amide bonds. The van der Waals surface area contributed by atoms with Gasteiger partial charge in [0, 0.05) is 17.3 Å². The minimum atomic E-state index is 0.499. The van der Waals surface area contributed by atoms with E-state index in [0.717, 1.165) is 44.2 Å². The molecule has 3 heteroatoms. The lowest BCUT2D eigenvalue weighted by Crippen LogP contribution is -2.02. The largest absolute Gasteiger partial charge is 0.496 e. The van der Waals surface area contributed by atoms with Crippen LogP contribution >= 0.6 is 0 Å². The molecule has 0 aliphatic carbocycles. The summed E-state index contributed by atoms with van der Waals surface area (Å²) in [4.78, 5) is 0. The summed E-state index contributed by atoms with van der Waals surface area (Å²) in [5.41, 5.74) is 8.10. The van der Waals surface area contributed by atoms with Gasteiger partial charge in [-0.1, -0.05) is 12.1 Å². The van der Waals surface area contributed by atoms with E-state index in [1.54, 1.807) is 14.2 Å². The number of benzene rings is 3. The van der Waals surface area contributed by atoms with Crippen molar-refractivity contribution >= 4 is 21.5 Å². The fraction of sp³-hybridized carbons (Fsp3) is 0.222. The number of fused-ring (bicyclic) bond motifs is 3. The molecule has 0 heterocycles. The lowest BCUT2D eigenvalue weighted by atomic mass is 9.95. The number of hydrogen-bond acceptors (Lipinski definition) is 3. The van der Waals surface area contributed by atoms with Gasteiger partial charge in [0.15, 0.2) is 0 Å². The van der Waals surface area contributed by atoms with E-state index in [4.69, 9.17) is 15.2 Å². The fourth-order valence-electron chi connectivity index (χ4n) is 2.99. The molecule has 0 aliphatic heterocycles. The molecule has 3 rings (SSSR count). The third kappa shape index (κ3) is 2.01. The van der Waals surface area contributed by atoms with Crippen molar-refractivity contribution in [3.63, 3.8) is 0 Å². The average molecular weight is 281 g/mol. The van der Waals surface area contributed by atoms with E-state index >= 15 is 0 Å². The van der Waals surface area contributed by atoms with Crippen molar-refractivity contribution in [3.8, 4) is 11.5 Å². The van der Waals surface area contributed by atoms with Crippen molar-refractivity contribution in [1.29, 1.82) is 0 Å². The second kappa shape index (κ2) is 5.26. The Hall–Kier alpha value is -2.26. The van der Waals surface area contributed by atoms with Gasteiger partial charge >= 0.3 is 0 Å². The molecule has 0 spiro atoms. The Bertz CT molecular complexity index is 824. The number of hydrogen-bond donors (Lipinski definition) is 1. The molecule has 0 atom stereocenters. The summed E-state index contributed by atoms with van der Waals surface area (Å²) in [5.74, 6) is 1.78. The minimum Gasteiger partial charge on any atom is -0.496 e. The van der Waals surface area contributed by atoms with Gasteiger partial charge in [-0.15, -0.1) is 0 Å². The topological polar surface area (TPSA) is 44.5 Å². The summed E-state index contributed by atoms with van der Waals surface area (Å²) < 4.78 is 11.1. The number of nitrogens with two attached hydrogens (primary N) is 1. The molecule has 3 aromatic carbocycles. The molecule has 21 heavy (non-hydrogen) atoms. The summed E-state index contributed by atoms with van der Waals surface area (Å²) in [6, 6.07) is 12.4. The third-order valence-corrected chi connectivity index (χ3v) is 4.09. The van der Waals surface area contributed by atoms with Gasteiger partial charge in [-0.05, 0) is 53.1 Å². The van der Waals surface area contributed by atoms with Crippen LogP contribution in [0.5, 0.6) is 11.5 Å². The molecule has 3 aromatic rings. The first-order chi connectivity index (χ1) is 10.2. The molecule has 0 saturated heterocycles. The molecule has 108 valence electrons. The van der Waals surface area contributed by atoms with Gasteiger partial charge in [-0.3, -0.25) is 0 Å². The quantitative estimate of drug-likeness (QED) is 0.743. The van der Waals surface area contributed by atoms with Crippen LogP contribution in [0.1, 0.15) is 11.1 Å². The van der Waals surface area contributed by atoms with Crippen LogP contribution in [-0.4, -0.2) is 14.2 Å². The fourth-order valence-corrected chi connectivity index (χ4v) is 2.99. The van der Waals surface area contributed by atoms with Gasteiger partial charge in [0.25, 0.3) is 0 Å². The van der Waals surface area contributed by atoms with Crippen LogP contribution in [0.25, 0.3) is 21.5 Å². The number of methoxy groups -OCH3 is 2. The Morgan fingerprint density at radius 3 is 2.33 bits per heavy atom. The first kappa shape index (κ1) is 13.7. The molecule has 0 aliphatic rings. The van der Waals surface area contributed by atoms with Crippen molar-refractivity contribution in [1.82, 2.24) is 0 Å². The van der Waals surface area contributed by atoms with Crippen molar-refractivity contribution in [2.45, 2.75) is 13.5 Å². The maximum absolute atomic E-state index is 5.89. The van der Waals surface area contributed by atoms with Crippen molar-refractivity contribution in [3.05, 3.63) is 47.5 Å². The van der Waals surface area contributed by atoms with E-state index in [-0.39, 0.29) is 0 Å². The van der Waals surface area contributed by atoms with Crippen molar-refractivity contribution in [2.24, 2.45) is 5.73 Å². The zero-order chi connectivity index (χ0) is 15.0. The van der Waals surface area contributed by atoms with E-state index in [1.165, 1.54) is 0 Å². The molecule has 0 saturated carbocycles. The summed E-state index contributed by atoms with van der Waals surface area (Å²) in [7, 11) is 3.40. The smallest absolute Gasteiger partial charge is 0.129 e. The van der Waals surface area contributed by atoms with Crippen LogP contribution in [0, 0.1) is 6.92 Å². The number of rotatable bonds is 3. The van der Waals surface area contributed by atoms with Crippen LogP contribution in [0.4, 0.5) is 0 Å². The Labute approximate surface area is 124 Å². The SMILES string of the molecule is COc1cccc2c1ccc1c(OC)c(C)c(CN)cc12.